The zero-order valence-electron chi connectivity index (χ0n) is 28.3. The lowest BCUT2D eigenvalue weighted by molar-refractivity contribution is 0.569. The van der Waals surface area contributed by atoms with Crippen LogP contribution in [0.15, 0.2) is 103 Å². The first-order valence-electron chi connectivity index (χ1n) is 16.0. The van der Waals surface area contributed by atoms with Crippen LogP contribution in [0.2, 0.25) is 0 Å². The molecule has 0 aliphatic heterocycles. The lowest BCUT2D eigenvalue weighted by Gasteiger charge is -2.27. The normalized spacial score (nSPS) is 12.8. The van der Waals surface area contributed by atoms with Gasteiger partial charge in [0.1, 0.15) is 0 Å². The van der Waals surface area contributed by atoms with Crippen LogP contribution in [-0.2, 0) is 16.2 Å². The monoisotopic (exact) mass is 577 g/mol. The maximum Gasteiger partial charge on any atom is 0.0547 e. The van der Waals surface area contributed by atoms with Crippen LogP contribution in [0.5, 0.6) is 0 Å². The number of aromatic nitrogens is 1. The van der Waals surface area contributed by atoms with Crippen LogP contribution in [0.3, 0.4) is 0 Å². The molecule has 0 radical (unpaired) electrons. The van der Waals surface area contributed by atoms with Crippen LogP contribution >= 0.6 is 0 Å². The Balaban J connectivity index is 1.83. The van der Waals surface area contributed by atoms with E-state index in [0.717, 1.165) is 0 Å². The van der Waals surface area contributed by atoms with E-state index < -0.39 is 0 Å². The number of rotatable bonds is 3. The van der Waals surface area contributed by atoms with E-state index in [4.69, 9.17) is 0 Å². The minimum atomic E-state index is -0.0908. The molecule has 44 heavy (non-hydrogen) atoms. The predicted octanol–water partition coefficient (Wildman–Crippen LogP) is 12.3. The average molecular weight is 578 g/mol. The predicted molar refractivity (Wildman–Crippen MR) is 192 cm³/mol. The van der Waals surface area contributed by atoms with Crippen molar-refractivity contribution in [2.24, 2.45) is 0 Å². The average Bonchev–Trinajstić information content (AvgIpc) is 3.30. The molecule has 1 aromatic heterocycles. The Kier molecular flexibility index (Phi) is 7.16. The van der Waals surface area contributed by atoms with Crippen molar-refractivity contribution in [1.82, 2.24) is 4.57 Å². The topological polar surface area (TPSA) is 4.93 Å². The Morgan fingerprint density at radius 1 is 0.455 bits per heavy atom. The van der Waals surface area contributed by atoms with E-state index >= 15 is 0 Å². The molecule has 0 saturated carbocycles. The quantitative estimate of drug-likeness (QED) is 0.197. The highest BCUT2D eigenvalue weighted by Gasteiger charge is 2.28. The molecule has 0 amide bonds. The van der Waals surface area contributed by atoms with Gasteiger partial charge in [-0.2, -0.15) is 0 Å². The Hall–Kier alpha value is -4.10. The lowest BCUT2D eigenvalue weighted by atomic mass is 9.77. The van der Waals surface area contributed by atoms with Gasteiger partial charge in [-0.25, -0.2) is 0 Å². The molecule has 6 rings (SSSR count). The highest BCUT2D eigenvalue weighted by molar-refractivity contribution is 6.18. The SMILES string of the molecule is Cc1ccc(-c2ccc3c(c2C(C)(C)C)c2c(-c4cc(C(C)(C)C)cc(C(C)(C)C)c4)cccc2n3-c2ccccc2)cc1. The molecule has 0 saturated heterocycles. The summed E-state index contributed by atoms with van der Waals surface area (Å²) in [6.45, 7) is 23.2. The van der Waals surface area contributed by atoms with Gasteiger partial charge >= 0.3 is 0 Å². The summed E-state index contributed by atoms with van der Waals surface area (Å²) in [5.41, 5.74) is 14.3. The molecule has 0 atom stereocenters. The first-order chi connectivity index (χ1) is 20.6. The van der Waals surface area contributed by atoms with Crippen LogP contribution in [-0.4, -0.2) is 4.57 Å². The van der Waals surface area contributed by atoms with Gasteiger partial charge in [0, 0.05) is 16.5 Å². The molecule has 0 aliphatic carbocycles. The van der Waals surface area contributed by atoms with Crippen molar-refractivity contribution >= 4 is 21.8 Å². The lowest BCUT2D eigenvalue weighted by Crippen LogP contribution is -2.16. The molecule has 1 heterocycles. The summed E-state index contributed by atoms with van der Waals surface area (Å²) in [6.07, 6.45) is 0. The van der Waals surface area contributed by atoms with Crippen LogP contribution < -0.4 is 0 Å². The van der Waals surface area contributed by atoms with Gasteiger partial charge in [-0.1, -0.05) is 147 Å². The zero-order chi connectivity index (χ0) is 31.6. The third-order valence-corrected chi connectivity index (χ3v) is 9.06. The second kappa shape index (κ2) is 10.5. The molecule has 0 N–H and O–H groups in total. The maximum atomic E-state index is 2.47. The molecule has 0 fully saturated rings. The molecule has 0 spiro atoms. The standard InChI is InChI=1S/C43H47N/c1-28-19-21-29(22-20-28)35-23-24-37-39(40(35)43(8,9)10)38-34(17-14-18-36(38)44(37)33-15-12-11-13-16-33)30-25-31(41(2,3)4)27-32(26-30)42(5,6)7/h11-27H,1-10H3. The first-order valence-corrected chi connectivity index (χ1v) is 16.0. The third-order valence-electron chi connectivity index (χ3n) is 9.06. The summed E-state index contributed by atoms with van der Waals surface area (Å²) in [5, 5.41) is 2.68. The number of benzene rings is 5. The van der Waals surface area contributed by atoms with Crippen molar-refractivity contribution in [2.45, 2.75) is 85.5 Å². The second-order valence-corrected chi connectivity index (χ2v) is 15.7. The maximum absolute atomic E-state index is 2.47. The summed E-state index contributed by atoms with van der Waals surface area (Å²) in [4.78, 5) is 0. The van der Waals surface area contributed by atoms with Crippen LogP contribution in [0.25, 0.3) is 49.7 Å². The van der Waals surface area contributed by atoms with Gasteiger partial charge in [-0.3, -0.25) is 0 Å². The fourth-order valence-corrected chi connectivity index (χ4v) is 6.65. The summed E-state index contributed by atoms with van der Waals surface area (Å²) in [5.74, 6) is 0. The van der Waals surface area contributed by atoms with Crippen LogP contribution in [0, 0.1) is 6.92 Å². The summed E-state index contributed by atoms with van der Waals surface area (Å²) in [6, 6.07) is 38.8. The molecule has 1 nitrogen and oxygen atoms in total. The largest absolute Gasteiger partial charge is 0.309 e. The third kappa shape index (κ3) is 5.28. The molecule has 0 aliphatic rings. The van der Waals surface area contributed by atoms with Gasteiger partial charge in [0.2, 0.25) is 0 Å². The van der Waals surface area contributed by atoms with Gasteiger partial charge in [0.15, 0.2) is 0 Å². The van der Waals surface area contributed by atoms with Gasteiger partial charge in [0.05, 0.1) is 11.0 Å². The highest BCUT2D eigenvalue weighted by atomic mass is 15.0. The second-order valence-electron chi connectivity index (χ2n) is 15.7. The number of aryl methyl sites for hydroxylation is 1. The van der Waals surface area contributed by atoms with Crippen molar-refractivity contribution < 1.29 is 0 Å². The molecule has 1 heteroatoms. The summed E-state index contributed by atoms with van der Waals surface area (Å²) >= 11 is 0. The fraction of sp³-hybridized carbons (Fsp3) is 0.302. The fourth-order valence-electron chi connectivity index (χ4n) is 6.65. The van der Waals surface area contributed by atoms with Crippen LogP contribution in [0.4, 0.5) is 0 Å². The number of hydrogen-bond acceptors (Lipinski definition) is 0. The minimum Gasteiger partial charge on any atom is -0.309 e. The molecule has 0 unspecified atom stereocenters. The van der Waals surface area contributed by atoms with Gasteiger partial charge in [-0.15, -0.1) is 0 Å². The van der Waals surface area contributed by atoms with Crippen molar-refractivity contribution in [3.05, 3.63) is 125 Å². The molecule has 224 valence electrons. The number of hydrogen-bond donors (Lipinski definition) is 0. The van der Waals surface area contributed by atoms with Gasteiger partial charge < -0.3 is 4.57 Å². The van der Waals surface area contributed by atoms with E-state index in [0.29, 0.717) is 0 Å². The van der Waals surface area contributed by atoms with E-state index in [1.807, 2.05) is 0 Å². The van der Waals surface area contributed by atoms with E-state index in [1.165, 1.54) is 72.0 Å². The highest BCUT2D eigenvalue weighted by Crippen LogP contribution is 2.47. The number of nitrogens with zero attached hydrogens (tertiary/aromatic N) is 1. The first kappa shape index (κ1) is 29.9. The molecule has 5 aromatic carbocycles. The van der Waals surface area contributed by atoms with E-state index in [2.05, 4.69) is 177 Å². The number of fused-ring (bicyclic) bond motifs is 3. The Morgan fingerprint density at radius 3 is 1.61 bits per heavy atom. The van der Waals surface area contributed by atoms with Crippen molar-refractivity contribution in [3.8, 4) is 27.9 Å². The van der Waals surface area contributed by atoms with Crippen molar-refractivity contribution in [3.63, 3.8) is 0 Å². The molecule has 0 bridgehead atoms. The summed E-state index contributed by atoms with van der Waals surface area (Å²) in [7, 11) is 0. The van der Waals surface area contributed by atoms with E-state index in [-0.39, 0.29) is 16.2 Å². The Bertz CT molecular complexity index is 1950. The Morgan fingerprint density at radius 2 is 1.05 bits per heavy atom. The Labute approximate surface area is 264 Å². The molecular weight excluding hydrogens is 530 g/mol. The van der Waals surface area contributed by atoms with Gasteiger partial charge in [-0.05, 0) is 86.4 Å². The van der Waals surface area contributed by atoms with Crippen molar-refractivity contribution in [2.75, 3.05) is 0 Å². The molecule has 6 aromatic rings. The van der Waals surface area contributed by atoms with Crippen molar-refractivity contribution in [1.29, 1.82) is 0 Å². The van der Waals surface area contributed by atoms with E-state index in [9.17, 15) is 0 Å². The molecular formula is C43H47N. The van der Waals surface area contributed by atoms with Crippen LogP contribution in [0.1, 0.15) is 84.6 Å². The minimum absolute atomic E-state index is 0.0388. The summed E-state index contributed by atoms with van der Waals surface area (Å²) < 4.78 is 2.47. The van der Waals surface area contributed by atoms with E-state index in [1.54, 1.807) is 0 Å². The smallest absolute Gasteiger partial charge is 0.0547 e. The zero-order valence-corrected chi connectivity index (χ0v) is 28.3. The number of para-hydroxylation sites is 1. The van der Waals surface area contributed by atoms with Gasteiger partial charge in [0.25, 0.3) is 0 Å².